The molecule has 4 aromatic heterocycles. The van der Waals surface area contributed by atoms with Crippen LogP contribution in [-0.4, -0.2) is 118 Å². The van der Waals surface area contributed by atoms with E-state index in [1.54, 1.807) is 110 Å². The van der Waals surface area contributed by atoms with E-state index in [1.807, 2.05) is 146 Å². The molecule has 4 heterocycles. The van der Waals surface area contributed by atoms with Gasteiger partial charge in [0, 0.05) is 119 Å². The van der Waals surface area contributed by atoms with Crippen LogP contribution in [-0.2, 0) is 0 Å². The molecule has 6 saturated carbocycles. The number of nitrogens with zero attached hydrogens (tertiary/aromatic N) is 4. The Morgan fingerprint density at radius 3 is 0.886 bits per heavy atom. The number of fused-ring (bicyclic) bond motifs is 8. The molecule has 0 spiro atoms. The van der Waals surface area contributed by atoms with Gasteiger partial charge in [-0.15, -0.1) is 0 Å². The fraction of sp³-hybridized carbons (Fsp3) is 0.257. The number of halogens is 2. The number of hydrogen-bond acceptors (Lipinski definition) is 13. The molecule has 22 rings (SSSR count). The van der Waals surface area contributed by atoms with E-state index in [2.05, 4.69) is 96.3 Å². The van der Waals surface area contributed by atoms with Crippen LogP contribution in [0.1, 0.15) is 199 Å². The summed E-state index contributed by atoms with van der Waals surface area (Å²) in [6, 6.07) is 81.4. The second-order valence-electron chi connectivity index (χ2n) is 37.9. The smallest absolute Gasteiger partial charge is 0.255 e. The molecule has 12 aromatic carbocycles. The molecule has 6 fully saturated rings. The number of anilines is 4. The van der Waals surface area contributed by atoms with Crippen LogP contribution in [0.15, 0.2) is 273 Å². The van der Waals surface area contributed by atoms with E-state index in [9.17, 15) is 42.7 Å². The molecule has 0 aliphatic heterocycles. The number of methoxy groups -OCH3 is 1. The minimum absolute atomic E-state index is 0.00983. The molecule has 0 radical (unpaired) electrons. The van der Waals surface area contributed by atoms with Crippen molar-refractivity contribution < 1.29 is 47.5 Å². The van der Waals surface area contributed by atoms with Crippen LogP contribution in [0.2, 0.25) is 5.02 Å². The quantitative estimate of drug-likeness (QED) is 0.0319. The minimum atomic E-state index is -0.357. The van der Waals surface area contributed by atoms with Gasteiger partial charge in [-0.3, -0.25) is 38.4 Å². The molecule has 6 atom stereocenters. The van der Waals surface area contributed by atoms with Crippen molar-refractivity contribution in [3.8, 4) is 51.3 Å². The van der Waals surface area contributed by atoms with E-state index in [4.69, 9.17) is 16.3 Å². The average molecular weight is 1890 g/mol. The third-order valence-corrected chi connectivity index (χ3v) is 28.3. The zero-order valence-corrected chi connectivity index (χ0v) is 78.5. The molecule has 8 amide bonds. The summed E-state index contributed by atoms with van der Waals surface area (Å²) in [6.07, 6.45) is 18.6. The van der Waals surface area contributed by atoms with Crippen molar-refractivity contribution in [1.82, 2.24) is 61.1 Å². The highest BCUT2D eigenvalue weighted by atomic mass is 35.5. The zero-order valence-electron chi connectivity index (χ0n) is 77.8. The first-order valence-corrected chi connectivity index (χ1v) is 48.5. The van der Waals surface area contributed by atoms with Gasteiger partial charge in [-0.05, 0) is 332 Å². The van der Waals surface area contributed by atoms with Gasteiger partial charge in [-0.1, -0.05) is 105 Å². The lowest BCUT2D eigenvalue weighted by Gasteiger charge is -2.26. The van der Waals surface area contributed by atoms with Crippen molar-refractivity contribution in [3.05, 3.63) is 328 Å². The summed E-state index contributed by atoms with van der Waals surface area (Å²) in [4.78, 5) is 133. The molecular weight excluding hydrogens is 1780 g/mol. The van der Waals surface area contributed by atoms with Crippen LogP contribution in [0.4, 0.5) is 27.1 Å². The van der Waals surface area contributed by atoms with Gasteiger partial charge in [-0.2, -0.15) is 0 Å². The fourth-order valence-corrected chi connectivity index (χ4v) is 20.2. The zero-order chi connectivity index (χ0) is 96.4. The number of carbonyl (C=O) groups excluding carboxylic acids is 8. The molecular formula is C113H108ClFN16O9. The van der Waals surface area contributed by atoms with E-state index in [1.165, 1.54) is 62.8 Å². The Morgan fingerprint density at radius 2 is 0.593 bits per heavy atom. The van der Waals surface area contributed by atoms with E-state index >= 15 is 0 Å². The Balaban J connectivity index is 0.000000119. The molecule has 4 bridgehead atoms. The topological polar surface area (TPSA) is 357 Å². The number of H-pyrrole nitrogens is 4. The Labute approximate surface area is 813 Å². The predicted octanol–water partition coefficient (Wildman–Crippen LogP) is 23.2. The van der Waals surface area contributed by atoms with Crippen LogP contribution in [0.25, 0.3) is 89.7 Å². The van der Waals surface area contributed by atoms with Crippen molar-refractivity contribution in [1.29, 1.82) is 0 Å². The second-order valence-corrected chi connectivity index (χ2v) is 38.3. The van der Waals surface area contributed by atoms with Crippen LogP contribution < -0.4 is 47.3 Å². The Hall–Kier alpha value is -15.7. The second kappa shape index (κ2) is 42.1. The molecule has 708 valence electrons. The van der Waals surface area contributed by atoms with Crippen LogP contribution in [0.5, 0.6) is 5.75 Å². The SMILES string of the molecule is CC1CCC(NC(=O)c2ccc3nc(-c4ccc(C(=O)Nc5ccc(F)cc5)cc4)[nH]c3c2)CC1.COc1ccc(NC(=O)c2ccc(-c3nc4ccc(C(=O)NC5CCC(C)CC5)cc4[nH]3)cc2)cc1.O=C(Nc1ccc(Cl)cc1)c1ccc(-c2nc3ccc(C(=O)NC4CC5CCC4C5)cc3[nH]2)cc1.O=C(Nc1ccccc1)c1ccc(-c2nc3ccc(C(=O)NC4CC5CCC4C5)cc3[nH]2)cc1. The van der Waals surface area contributed by atoms with Gasteiger partial charge in [0.2, 0.25) is 0 Å². The number of ether oxygens (including phenoxy) is 1. The lowest BCUT2D eigenvalue weighted by atomic mass is 9.87. The van der Waals surface area contributed by atoms with Gasteiger partial charge < -0.3 is 67.2 Å². The first-order valence-electron chi connectivity index (χ1n) is 48.2. The maximum absolute atomic E-state index is 13.1. The van der Waals surface area contributed by atoms with Crippen LogP contribution in [0, 0.1) is 41.3 Å². The molecule has 6 aliphatic rings. The third-order valence-electron chi connectivity index (χ3n) is 28.1. The number of amides is 8. The van der Waals surface area contributed by atoms with E-state index in [-0.39, 0.29) is 65.2 Å². The number of hydrogen-bond donors (Lipinski definition) is 12. The maximum Gasteiger partial charge on any atom is 0.255 e. The molecule has 25 nitrogen and oxygen atoms in total. The largest absolute Gasteiger partial charge is 0.497 e. The molecule has 0 saturated heterocycles. The fourth-order valence-electron chi connectivity index (χ4n) is 20.0. The molecule has 12 N–H and O–H groups in total. The highest BCUT2D eigenvalue weighted by Crippen LogP contribution is 2.46. The lowest BCUT2D eigenvalue weighted by Crippen LogP contribution is -2.38. The van der Waals surface area contributed by atoms with Crippen molar-refractivity contribution in [2.45, 2.75) is 141 Å². The Bertz CT molecular complexity index is 7220. The maximum atomic E-state index is 13.1. The third kappa shape index (κ3) is 22.6. The molecule has 6 unspecified atom stereocenters. The summed E-state index contributed by atoms with van der Waals surface area (Å²) in [5, 5.41) is 24.8. The van der Waals surface area contributed by atoms with Gasteiger partial charge in [0.25, 0.3) is 47.3 Å². The summed E-state index contributed by atoms with van der Waals surface area (Å²) in [7, 11) is 1.60. The number of nitrogens with one attached hydrogen (secondary N) is 12. The number of aromatic nitrogens is 8. The number of rotatable bonds is 21. The van der Waals surface area contributed by atoms with Gasteiger partial charge >= 0.3 is 0 Å². The average Bonchev–Trinajstić information content (AvgIpc) is 1.67. The Kier molecular flexibility index (Phi) is 28.1. The number of imidazole rings is 4. The van der Waals surface area contributed by atoms with E-state index < -0.39 is 0 Å². The van der Waals surface area contributed by atoms with Gasteiger partial charge in [0.15, 0.2) is 0 Å². The first-order chi connectivity index (χ1) is 68.1. The van der Waals surface area contributed by atoms with Crippen LogP contribution >= 0.6 is 11.6 Å². The monoisotopic (exact) mass is 1890 g/mol. The van der Waals surface area contributed by atoms with Crippen LogP contribution in [0.3, 0.4) is 0 Å². The highest BCUT2D eigenvalue weighted by Gasteiger charge is 2.42. The van der Waals surface area contributed by atoms with Crippen molar-refractivity contribution in [2.24, 2.45) is 35.5 Å². The molecule has 140 heavy (non-hydrogen) atoms. The van der Waals surface area contributed by atoms with Crippen molar-refractivity contribution >= 4 is 126 Å². The normalized spacial score (nSPS) is 19.2. The van der Waals surface area contributed by atoms with Crippen molar-refractivity contribution in [2.75, 3.05) is 28.4 Å². The molecule has 27 heteroatoms. The number of carbonyl (C=O) groups is 8. The van der Waals surface area contributed by atoms with E-state index in [0.717, 1.165) is 166 Å². The van der Waals surface area contributed by atoms with Gasteiger partial charge in [-0.25, -0.2) is 24.3 Å². The van der Waals surface area contributed by atoms with E-state index in [0.29, 0.717) is 114 Å². The van der Waals surface area contributed by atoms with Gasteiger partial charge in [0.1, 0.15) is 34.9 Å². The standard InChI is InChI=1S/C29H30N4O3.C28H25ClN4O2.C28H27FN4O2.C28H26N4O2/c1-18-3-10-22(11-4-18)31-29(35)21-9-16-25-26(17-21)33-27(32-25)19-5-7-20(8-6-19)28(34)30-23-12-14-24(36-2)15-13-23;29-21-8-10-22(11-9-21)30-27(34)18-5-3-17(4-6-18)26-31-23-12-7-20(15-25(23)32-26)28(35)33-24-14-16-1-2-19(24)13-16;1-17-2-11-22(12-3-17)31-28(35)20-8-15-24-25(16-20)33-26(32-24)18-4-6-19(7-5-18)27(34)30-23-13-9-21(29)10-14-23;33-27(29-22-4-2-1-3-5-22)19-10-8-18(9-11-19)26-30-23-13-12-21(16-25(23)31-26)28(34)32-24-15-17-6-7-20(24)14-17/h5-9,12-18,22H,3-4,10-11H2,1-2H3,(H,30,34)(H,31,35)(H,32,33);3-12,15-16,19,24H,1-2,13-14H2,(H,30,34)(H,31,32)(H,33,35);4-10,13-17,22H,2-3,11-12H2,1H3,(H,30,34)(H,31,35)(H,32,33);1-5,8-13,16-17,20,24H,6-7,14-15H2,(H,29,33)(H,30,31)(H,32,34). The molecule has 6 aliphatic carbocycles. The summed E-state index contributed by atoms with van der Waals surface area (Å²) in [5.41, 5.74) is 17.1. The molecule has 16 aromatic rings. The lowest BCUT2D eigenvalue weighted by molar-refractivity contribution is 0.0914. The Morgan fingerprint density at radius 1 is 0.307 bits per heavy atom. The number of benzene rings is 12. The minimum Gasteiger partial charge on any atom is -0.497 e. The highest BCUT2D eigenvalue weighted by molar-refractivity contribution is 6.30. The first kappa shape index (κ1) is 93.3. The number of aromatic amines is 4. The van der Waals surface area contributed by atoms with Gasteiger partial charge in [0.05, 0.1) is 51.2 Å². The summed E-state index contributed by atoms with van der Waals surface area (Å²) < 4.78 is 18.2. The predicted molar refractivity (Wildman–Crippen MR) is 546 cm³/mol. The summed E-state index contributed by atoms with van der Waals surface area (Å²) in [5.74, 6) is 6.51. The van der Waals surface area contributed by atoms with Crippen molar-refractivity contribution in [3.63, 3.8) is 0 Å². The number of para-hydroxylation sites is 1. The summed E-state index contributed by atoms with van der Waals surface area (Å²) >= 11 is 5.90. The summed E-state index contributed by atoms with van der Waals surface area (Å²) in [6.45, 7) is 4.53.